The van der Waals surface area contributed by atoms with Crippen molar-refractivity contribution >= 4 is 29.0 Å². The van der Waals surface area contributed by atoms with Crippen molar-refractivity contribution in [1.82, 2.24) is 14.8 Å². The number of nitrogens with zero attached hydrogens (tertiary/aromatic N) is 3. The Bertz CT molecular complexity index is 544. The van der Waals surface area contributed by atoms with Gasteiger partial charge in [0.25, 0.3) is 6.30 Å². The topological polar surface area (TPSA) is 47.8 Å². The molecule has 2 rings (SSSR count). The van der Waals surface area contributed by atoms with Crippen LogP contribution in [0.2, 0.25) is 10.0 Å². The highest BCUT2D eigenvalue weighted by atomic mass is 35.5. The zero-order valence-corrected chi connectivity index (χ0v) is 9.86. The maximum Gasteiger partial charge on any atom is 0.255 e. The lowest BCUT2D eigenvalue weighted by Gasteiger charge is -2.08. The van der Waals surface area contributed by atoms with Crippen molar-refractivity contribution in [3.63, 3.8) is 0 Å². The summed E-state index contributed by atoms with van der Waals surface area (Å²) >= 11 is 11.5. The van der Waals surface area contributed by atoms with Crippen LogP contribution in [0.15, 0.2) is 30.9 Å². The highest BCUT2D eigenvalue weighted by Crippen LogP contribution is 2.25. The number of rotatable bonds is 3. The van der Waals surface area contributed by atoms with Gasteiger partial charge in [0.1, 0.15) is 12.7 Å². The van der Waals surface area contributed by atoms with Crippen LogP contribution < -0.4 is 0 Å². The molecule has 4 nitrogen and oxygen atoms in total. The molecule has 0 aliphatic heterocycles. The second-order valence-electron chi connectivity index (χ2n) is 3.20. The Balaban J connectivity index is 2.31. The van der Waals surface area contributed by atoms with E-state index in [4.69, 9.17) is 23.2 Å². The predicted octanol–water partition coefficient (Wildman–Crippen LogP) is 2.94. The van der Waals surface area contributed by atoms with Gasteiger partial charge < -0.3 is 0 Å². The van der Waals surface area contributed by atoms with Crippen molar-refractivity contribution in [1.29, 1.82) is 0 Å². The number of hydrogen-bond acceptors (Lipinski definition) is 3. The minimum atomic E-state index is -1.95. The summed E-state index contributed by atoms with van der Waals surface area (Å²) in [5, 5.41) is 4.03. The number of aromatic nitrogens is 3. The molecule has 0 amide bonds. The fourth-order valence-electron chi connectivity index (χ4n) is 1.27. The van der Waals surface area contributed by atoms with Gasteiger partial charge in [0.15, 0.2) is 0 Å². The van der Waals surface area contributed by atoms with Gasteiger partial charge in [0.2, 0.25) is 5.78 Å². The first-order chi connectivity index (χ1) is 8.09. The van der Waals surface area contributed by atoms with Crippen LogP contribution in [-0.4, -0.2) is 20.5 Å². The number of carbonyl (C=O) groups is 1. The molecule has 0 fully saturated rings. The van der Waals surface area contributed by atoms with E-state index in [1.165, 1.54) is 18.2 Å². The highest BCUT2D eigenvalue weighted by Gasteiger charge is 2.23. The van der Waals surface area contributed by atoms with Crippen LogP contribution in [0.5, 0.6) is 0 Å². The molecule has 17 heavy (non-hydrogen) atoms. The second-order valence-corrected chi connectivity index (χ2v) is 4.04. The third-order valence-corrected chi connectivity index (χ3v) is 2.63. The Morgan fingerprint density at radius 1 is 1.41 bits per heavy atom. The van der Waals surface area contributed by atoms with Gasteiger partial charge in [-0.1, -0.05) is 23.2 Å². The normalized spacial score (nSPS) is 12.4. The number of ketones is 1. The standard InChI is InChI=1S/C10H6Cl2FN3O/c11-6-1-2-7(8(12)3-6)9(17)10(13)16-5-14-4-15-16/h1-5,10H. The molecule has 1 aromatic heterocycles. The van der Waals surface area contributed by atoms with E-state index >= 15 is 0 Å². The van der Waals surface area contributed by atoms with E-state index in [0.717, 1.165) is 17.3 Å². The number of Topliss-reactive ketones (excluding diaryl/α,β-unsaturated/α-hetero) is 1. The third kappa shape index (κ3) is 2.45. The van der Waals surface area contributed by atoms with Gasteiger partial charge in [-0.3, -0.25) is 4.79 Å². The lowest BCUT2D eigenvalue weighted by atomic mass is 10.1. The molecule has 0 aliphatic rings. The number of benzene rings is 1. The minimum Gasteiger partial charge on any atom is -0.289 e. The van der Waals surface area contributed by atoms with Gasteiger partial charge in [-0.15, -0.1) is 0 Å². The van der Waals surface area contributed by atoms with Crippen molar-refractivity contribution in [2.24, 2.45) is 0 Å². The molecule has 1 heterocycles. The van der Waals surface area contributed by atoms with Crippen molar-refractivity contribution in [2.75, 3.05) is 0 Å². The molecule has 1 atom stereocenters. The lowest BCUT2D eigenvalue weighted by Crippen LogP contribution is -2.16. The van der Waals surface area contributed by atoms with E-state index < -0.39 is 12.1 Å². The molecule has 2 aromatic rings. The summed E-state index contributed by atoms with van der Waals surface area (Å²) in [5.41, 5.74) is 0.0547. The molecule has 7 heteroatoms. The third-order valence-electron chi connectivity index (χ3n) is 2.08. The van der Waals surface area contributed by atoms with Crippen molar-refractivity contribution in [2.45, 2.75) is 6.30 Å². The number of carbonyl (C=O) groups excluding carboxylic acids is 1. The molecule has 0 spiro atoms. The molecule has 0 aliphatic carbocycles. The maximum atomic E-state index is 13.7. The van der Waals surface area contributed by atoms with Gasteiger partial charge in [0.05, 0.1) is 5.02 Å². The molecular weight excluding hydrogens is 268 g/mol. The monoisotopic (exact) mass is 273 g/mol. The summed E-state index contributed by atoms with van der Waals surface area (Å²) in [6, 6.07) is 4.22. The van der Waals surface area contributed by atoms with Crippen LogP contribution in [0, 0.1) is 0 Å². The number of alkyl halides is 1. The van der Waals surface area contributed by atoms with Crippen LogP contribution in [0.25, 0.3) is 0 Å². The summed E-state index contributed by atoms with van der Waals surface area (Å²) in [4.78, 5) is 15.3. The number of hydrogen-bond donors (Lipinski definition) is 0. The van der Waals surface area contributed by atoms with Gasteiger partial charge >= 0.3 is 0 Å². The van der Waals surface area contributed by atoms with Crippen LogP contribution in [0.4, 0.5) is 4.39 Å². The largest absolute Gasteiger partial charge is 0.289 e. The minimum absolute atomic E-state index is 0.0547. The van der Waals surface area contributed by atoms with E-state index in [-0.39, 0.29) is 10.6 Å². The van der Waals surface area contributed by atoms with Crippen LogP contribution >= 0.6 is 23.2 Å². The Morgan fingerprint density at radius 2 is 2.18 bits per heavy atom. The Kier molecular flexibility index (Phi) is 3.40. The van der Waals surface area contributed by atoms with E-state index in [1.54, 1.807) is 0 Å². The van der Waals surface area contributed by atoms with E-state index in [1.807, 2.05) is 0 Å². The van der Waals surface area contributed by atoms with Gasteiger partial charge in [-0.25, -0.2) is 14.1 Å². The first-order valence-electron chi connectivity index (χ1n) is 4.57. The zero-order chi connectivity index (χ0) is 12.4. The predicted molar refractivity (Wildman–Crippen MR) is 61.0 cm³/mol. The van der Waals surface area contributed by atoms with E-state index in [9.17, 15) is 9.18 Å². The summed E-state index contributed by atoms with van der Waals surface area (Å²) in [6.45, 7) is 0. The van der Waals surface area contributed by atoms with Crippen molar-refractivity contribution in [3.05, 3.63) is 46.5 Å². The smallest absolute Gasteiger partial charge is 0.255 e. The fraction of sp³-hybridized carbons (Fsp3) is 0.100. The quantitative estimate of drug-likeness (QED) is 0.808. The lowest BCUT2D eigenvalue weighted by molar-refractivity contribution is 0.0779. The summed E-state index contributed by atoms with van der Waals surface area (Å²) < 4.78 is 14.6. The average molecular weight is 274 g/mol. The Morgan fingerprint density at radius 3 is 2.76 bits per heavy atom. The summed E-state index contributed by atoms with van der Waals surface area (Å²) in [7, 11) is 0. The van der Waals surface area contributed by atoms with Crippen LogP contribution in [0.1, 0.15) is 16.7 Å². The second kappa shape index (κ2) is 4.81. The zero-order valence-electron chi connectivity index (χ0n) is 8.35. The van der Waals surface area contributed by atoms with Gasteiger partial charge in [-0.05, 0) is 18.2 Å². The highest BCUT2D eigenvalue weighted by molar-refractivity contribution is 6.36. The molecule has 0 saturated carbocycles. The van der Waals surface area contributed by atoms with E-state index in [0.29, 0.717) is 5.02 Å². The number of halogens is 3. The molecule has 0 radical (unpaired) electrons. The molecule has 0 bridgehead atoms. The molecule has 1 aromatic carbocycles. The summed E-state index contributed by atoms with van der Waals surface area (Å²) in [5.74, 6) is -0.794. The van der Waals surface area contributed by atoms with E-state index in [2.05, 4.69) is 10.1 Å². The van der Waals surface area contributed by atoms with Crippen LogP contribution in [0.3, 0.4) is 0 Å². The molecule has 1 unspecified atom stereocenters. The van der Waals surface area contributed by atoms with Crippen LogP contribution in [-0.2, 0) is 0 Å². The average Bonchev–Trinajstić information content (AvgIpc) is 2.80. The Labute approximate surface area is 106 Å². The Hall–Kier alpha value is -1.46. The molecule has 0 N–H and O–H groups in total. The first kappa shape index (κ1) is 12.0. The van der Waals surface area contributed by atoms with Gasteiger partial charge in [-0.2, -0.15) is 5.10 Å². The first-order valence-corrected chi connectivity index (χ1v) is 5.32. The maximum absolute atomic E-state index is 13.7. The summed E-state index contributed by atoms with van der Waals surface area (Å²) in [6.07, 6.45) is 0.312. The molecule has 88 valence electrons. The molecular formula is C10H6Cl2FN3O. The SMILES string of the molecule is O=C(c1ccc(Cl)cc1Cl)C(F)n1cncn1. The van der Waals surface area contributed by atoms with Gasteiger partial charge in [0, 0.05) is 10.6 Å². The van der Waals surface area contributed by atoms with Crippen molar-refractivity contribution < 1.29 is 9.18 Å². The van der Waals surface area contributed by atoms with Crippen molar-refractivity contribution in [3.8, 4) is 0 Å². The molecule has 0 saturated heterocycles. The fourth-order valence-corrected chi connectivity index (χ4v) is 1.77.